The summed E-state index contributed by atoms with van der Waals surface area (Å²) in [5, 5.41) is 3.17. The van der Waals surface area contributed by atoms with Crippen molar-refractivity contribution in [1.82, 2.24) is 14.5 Å². The highest BCUT2D eigenvalue weighted by molar-refractivity contribution is 7.88. The van der Waals surface area contributed by atoms with Crippen molar-refractivity contribution in [1.29, 1.82) is 0 Å². The third kappa shape index (κ3) is 4.63. The second-order valence-electron chi connectivity index (χ2n) is 8.91. The van der Waals surface area contributed by atoms with Crippen molar-refractivity contribution in [3.63, 3.8) is 0 Å². The zero-order valence-electron chi connectivity index (χ0n) is 17.5. The predicted molar refractivity (Wildman–Crippen MR) is 114 cm³/mol. The third-order valence-corrected chi connectivity index (χ3v) is 8.26. The van der Waals surface area contributed by atoms with Crippen LogP contribution in [0.1, 0.15) is 25.7 Å². The second-order valence-corrected chi connectivity index (χ2v) is 10.9. The number of piperazine rings is 1. The van der Waals surface area contributed by atoms with Gasteiger partial charge in [-0.05, 0) is 49.9 Å². The van der Waals surface area contributed by atoms with E-state index in [0.717, 1.165) is 51.3 Å². The van der Waals surface area contributed by atoms with Crippen LogP contribution in [0.15, 0.2) is 24.3 Å². The van der Waals surface area contributed by atoms with Crippen molar-refractivity contribution in [2.24, 2.45) is 5.41 Å². The Bertz CT molecular complexity index is 861. The van der Waals surface area contributed by atoms with Crippen LogP contribution in [0.2, 0.25) is 0 Å². The van der Waals surface area contributed by atoms with Gasteiger partial charge in [0.05, 0.1) is 11.7 Å². The number of carbonyl (C=O) groups excluding carboxylic acids is 1. The highest BCUT2D eigenvalue weighted by Crippen LogP contribution is 2.41. The SMILES string of the molecule is CS(=O)(=O)N1CCC2(CC1)CC(CCN1CCN(c3ccc(F)cc3)CC1)NC2=O. The number of anilines is 1. The topological polar surface area (TPSA) is 73.0 Å². The molecular weight excluding hydrogens is 407 g/mol. The minimum atomic E-state index is -3.18. The molecule has 3 fully saturated rings. The Morgan fingerprint density at radius 2 is 1.70 bits per heavy atom. The molecule has 1 spiro atoms. The Labute approximate surface area is 178 Å². The van der Waals surface area contributed by atoms with Crippen molar-refractivity contribution in [3.8, 4) is 0 Å². The van der Waals surface area contributed by atoms with Gasteiger partial charge >= 0.3 is 0 Å². The Hall–Kier alpha value is -1.71. The van der Waals surface area contributed by atoms with E-state index in [1.807, 2.05) is 12.1 Å². The van der Waals surface area contributed by atoms with E-state index >= 15 is 0 Å². The lowest BCUT2D eigenvalue weighted by atomic mass is 9.76. The van der Waals surface area contributed by atoms with Crippen LogP contribution in [-0.4, -0.2) is 81.6 Å². The average molecular weight is 439 g/mol. The zero-order chi connectivity index (χ0) is 21.4. The zero-order valence-corrected chi connectivity index (χ0v) is 18.3. The maximum Gasteiger partial charge on any atom is 0.226 e. The normalized spacial score (nSPS) is 25.6. The summed E-state index contributed by atoms with van der Waals surface area (Å²) in [4.78, 5) is 17.4. The lowest BCUT2D eigenvalue weighted by Crippen LogP contribution is -2.47. The third-order valence-electron chi connectivity index (χ3n) is 6.96. The van der Waals surface area contributed by atoms with Gasteiger partial charge in [-0.1, -0.05) is 0 Å². The summed E-state index contributed by atoms with van der Waals surface area (Å²) in [6.45, 7) is 5.53. The number of benzene rings is 1. The summed E-state index contributed by atoms with van der Waals surface area (Å²) in [6.07, 6.45) is 4.18. The minimum absolute atomic E-state index is 0.0989. The van der Waals surface area contributed by atoms with Gasteiger partial charge < -0.3 is 10.2 Å². The van der Waals surface area contributed by atoms with Gasteiger partial charge in [-0.25, -0.2) is 17.1 Å². The van der Waals surface area contributed by atoms with Crippen LogP contribution in [0.5, 0.6) is 0 Å². The molecule has 1 N–H and O–H groups in total. The lowest BCUT2D eigenvalue weighted by molar-refractivity contribution is -0.129. The molecule has 3 aliphatic rings. The molecule has 0 aliphatic carbocycles. The number of nitrogens with one attached hydrogen (secondary N) is 1. The molecular formula is C21H31FN4O3S. The maximum atomic E-state index is 13.1. The van der Waals surface area contributed by atoms with Crippen molar-refractivity contribution < 1.29 is 17.6 Å². The highest BCUT2D eigenvalue weighted by Gasteiger charge is 2.48. The lowest BCUT2D eigenvalue weighted by Gasteiger charge is -2.37. The molecule has 3 aliphatic heterocycles. The molecule has 1 unspecified atom stereocenters. The molecule has 0 radical (unpaired) electrons. The van der Waals surface area contributed by atoms with Crippen LogP contribution < -0.4 is 10.2 Å². The van der Waals surface area contributed by atoms with Crippen molar-refractivity contribution >= 4 is 21.6 Å². The Morgan fingerprint density at radius 3 is 2.30 bits per heavy atom. The molecule has 0 saturated carbocycles. The molecule has 166 valence electrons. The second kappa shape index (κ2) is 8.43. The largest absolute Gasteiger partial charge is 0.369 e. The fraction of sp³-hybridized carbons (Fsp3) is 0.667. The molecule has 30 heavy (non-hydrogen) atoms. The number of nitrogens with zero attached hydrogens (tertiary/aromatic N) is 3. The smallest absolute Gasteiger partial charge is 0.226 e. The quantitative estimate of drug-likeness (QED) is 0.750. The molecule has 1 atom stereocenters. The van der Waals surface area contributed by atoms with Crippen molar-refractivity contribution in [2.75, 3.05) is 57.0 Å². The van der Waals surface area contributed by atoms with Gasteiger partial charge in [-0.3, -0.25) is 9.69 Å². The minimum Gasteiger partial charge on any atom is -0.369 e. The first-order chi connectivity index (χ1) is 14.2. The fourth-order valence-corrected chi connectivity index (χ4v) is 5.87. The Kier molecular flexibility index (Phi) is 6.05. The number of carbonyl (C=O) groups is 1. The van der Waals surface area contributed by atoms with Gasteiger partial charge in [0.2, 0.25) is 15.9 Å². The number of halogens is 1. The molecule has 4 rings (SSSR count). The first-order valence-corrected chi connectivity index (χ1v) is 12.6. The fourth-order valence-electron chi connectivity index (χ4n) is 5.03. The van der Waals surface area contributed by atoms with E-state index in [-0.39, 0.29) is 17.8 Å². The summed E-state index contributed by atoms with van der Waals surface area (Å²) in [5.74, 6) is -0.113. The number of sulfonamides is 1. The van der Waals surface area contributed by atoms with E-state index in [9.17, 15) is 17.6 Å². The summed E-state index contributed by atoms with van der Waals surface area (Å²) >= 11 is 0. The van der Waals surface area contributed by atoms with E-state index in [4.69, 9.17) is 0 Å². The Morgan fingerprint density at radius 1 is 1.07 bits per heavy atom. The summed E-state index contributed by atoms with van der Waals surface area (Å²) in [6, 6.07) is 6.82. The summed E-state index contributed by atoms with van der Waals surface area (Å²) < 4.78 is 38.1. The molecule has 1 aromatic rings. The van der Waals surface area contributed by atoms with E-state index in [1.165, 1.54) is 22.7 Å². The van der Waals surface area contributed by atoms with Gasteiger partial charge in [-0.2, -0.15) is 0 Å². The van der Waals surface area contributed by atoms with Crippen LogP contribution in [0.25, 0.3) is 0 Å². The van der Waals surface area contributed by atoms with Gasteiger partial charge in [0.1, 0.15) is 5.82 Å². The van der Waals surface area contributed by atoms with E-state index in [2.05, 4.69) is 15.1 Å². The van der Waals surface area contributed by atoms with Crippen LogP contribution in [0, 0.1) is 11.2 Å². The number of hydrogen-bond donors (Lipinski definition) is 1. The summed E-state index contributed by atoms with van der Waals surface area (Å²) in [7, 11) is -3.18. The number of amides is 1. The van der Waals surface area contributed by atoms with Crippen LogP contribution in [-0.2, 0) is 14.8 Å². The molecule has 1 amide bonds. The molecule has 0 aromatic heterocycles. The molecule has 1 aromatic carbocycles. The van der Waals surface area contributed by atoms with Gasteiger partial charge in [0.25, 0.3) is 0 Å². The van der Waals surface area contributed by atoms with Crippen LogP contribution in [0.4, 0.5) is 10.1 Å². The molecule has 9 heteroatoms. The first kappa shape index (κ1) is 21.5. The van der Waals surface area contributed by atoms with Crippen molar-refractivity contribution in [2.45, 2.75) is 31.7 Å². The maximum absolute atomic E-state index is 13.1. The number of piperidine rings is 1. The summed E-state index contributed by atoms with van der Waals surface area (Å²) in [5.41, 5.74) is 0.661. The monoisotopic (exact) mass is 438 g/mol. The van der Waals surface area contributed by atoms with Crippen LogP contribution in [0.3, 0.4) is 0 Å². The van der Waals surface area contributed by atoms with Crippen molar-refractivity contribution in [3.05, 3.63) is 30.1 Å². The van der Waals surface area contributed by atoms with Gasteiger partial charge in [0, 0.05) is 57.5 Å². The van der Waals surface area contributed by atoms with E-state index in [1.54, 1.807) is 0 Å². The molecule has 3 heterocycles. The van der Waals surface area contributed by atoms with E-state index < -0.39 is 15.4 Å². The first-order valence-electron chi connectivity index (χ1n) is 10.7. The number of rotatable bonds is 5. The molecule has 3 saturated heterocycles. The van der Waals surface area contributed by atoms with Crippen LogP contribution >= 0.6 is 0 Å². The predicted octanol–water partition coefficient (Wildman–Crippen LogP) is 1.27. The Balaban J connectivity index is 1.23. The van der Waals surface area contributed by atoms with Gasteiger partial charge in [-0.15, -0.1) is 0 Å². The van der Waals surface area contributed by atoms with Gasteiger partial charge in [0.15, 0.2) is 0 Å². The molecule has 7 nitrogen and oxygen atoms in total. The van der Waals surface area contributed by atoms with E-state index in [0.29, 0.717) is 25.9 Å². The standard InChI is InChI=1S/C21H31FN4O3S/c1-30(28,29)26-10-7-21(8-11-26)16-18(23-20(21)27)6-9-24-12-14-25(15-13-24)19-4-2-17(22)3-5-19/h2-5,18H,6-16H2,1H3,(H,23,27). The highest BCUT2D eigenvalue weighted by atomic mass is 32.2. The number of hydrogen-bond acceptors (Lipinski definition) is 5. The molecule has 0 bridgehead atoms. The average Bonchev–Trinajstić information content (AvgIpc) is 3.02.